The molecule has 106 valence electrons. The Balaban J connectivity index is 2.18. The second kappa shape index (κ2) is 5.87. The van der Waals surface area contributed by atoms with Crippen molar-refractivity contribution in [3.05, 3.63) is 18.2 Å². The van der Waals surface area contributed by atoms with E-state index < -0.39 is 6.04 Å². The first kappa shape index (κ1) is 14.3. The van der Waals surface area contributed by atoms with Crippen LogP contribution in [0.15, 0.2) is 18.2 Å². The molecular weight excluding hydrogens is 278 g/mol. The molecule has 2 N–H and O–H groups in total. The zero-order chi connectivity index (χ0) is 14.7. The molecule has 0 fully saturated rings. The van der Waals surface area contributed by atoms with Gasteiger partial charge in [-0.15, -0.1) is 0 Å². The average molecular weight is 293 g/mol. The number of carbonyl (C=O) groups excluding carboxylic acids is 2. The number of hydrogen-bond acceptors (Lipinski definition) is 5. The molecule has 0 aliphatic rings. The number of nitrogens with zero attached hydrogens (tertiary/aromatic N) is 1. The average Bonchev–Trinajstić information content (AvgIpc) is 2.79. The summed E-state index contributed by atoms with van der Waals surface area (Å²) >= 11 is 1.36. The number of amides is 2. The van der Waals surface area contributed by atoms with Gasteiger partial charge in [0.1, 0.15) is 17.3 Å². The summed E-state index contributed by atoms with van der Waals surface area (Å²) in [7, 11) is 1.57. The first-order valence-corrected chi connectivity index (χ1v) is 6.84. The molecule has 0 aliphatic carbocycles. The third kappa shape index (κ3) is 3.05. The maximum Gasteiger partial charge on any atom is 0.248 e. The summed E-state index contributed by atoms with van der Waals surface area (Å²) in [5.74, 6) is 0.103. The quantitative estimate of drug-likeness (QED) is 0.900. The van der Waals surface area contributed by atoms with Crippen LogP contribution in [0.5, 0.6) is 5.75 Å². The Labute approximate surface area is 120 Å². The van der Waals surface area contributed by atoms with E-state index in [-0.39, 0.29) is 11.8 Å². The van der Waals surface area contributed by atoms with Gasteiger partial charge in [0.05, 0.1) is 11.8 Å². The number of benzene rings is 1. The number of rotatable bonds is 4. The van der Waals surface area contributed by atoms with E-state index in [1.807, 2.05) is 18.2 Å². The number of aromatic nitrogens is 1. The summed E-state index contributed by atoms with van der Waals surface area (Å²) in [5.41, 5.74) is 0.711. The van der Waals surface area contributed by atoms with Crippen LogP contribution in [0.1, 0.15) is 13.8 Å². The van der Waals surface area contributed by atoms with E-state index >= 15 is 0 Å². The summed E-state index contributed by atoms with van der Waals surface area (Å²) in [6.45, 7) is 2.98. The minimum absolute atomic E-state index is 0.251. The molecule has 0 saturated heterocycles. The topological polar surface area (TPSA) is 80.3 Å². The fraction of sp³-hybridized carbons (Fsp3) is 0.308. The molecule has 0 spiro atoms. The minimum Gasteiger partial charge on any atom is -0.494 e. The van der Waals surface area contributed by atoms with Gasteiger partial charge in [-0.2, -0.15) is 0 Å². The van der Waals surface area contributed by atoms with Crippen molar-refractivity contribution in [1.82, 2.24) is 10.3 Å². The summed E-state index contributed by atoms with van der Waals surface area (Å²) in [4.78, 5) is 27.1. The van der Waals surface area contributed by atoms with Gasteiger partial charge in [-0.1, -0.05) is 17.4 Å². The highest BCUT2D eigenvalue weighted by atomic mass is 32.1. The van der Waals surface area contributed by atoms with Crippen LogP contribution in [-0.4, -0.2) is 29.9 Å². The molecule has 0 saturated carbocycles. The molecule has 1 aromatic carbocycles. The molecular formula is C13H15N3O3S. The van der Waals surface area contributed by atoms with E-state index in [0.717, 1.165) is 4.70 Å². The van der Waals surface area contributed by atoms with E-state index in [1.165, 1.54) is 18.3 Å². The minimum atomic E-state index is -0.610. The smallest absolute Gasteiger partial charge is 0.248 e. The summed E-state index contributed by atoms with van der Waals surface area (Å²) in [6.07, 6.45) is 0. The van der Waals surface area contributed by atoms with Gasteiger partial charge in [0, 0.05) is 6.92 Å². The SMILES string of the molecule is COc1cccc2sc(NC(=O)C(C)NC(C)=O)nc12. The van der Waals surface area contributed by atoms with Crippen molar-refractivity contribution >= 4 is 38.5 Å². The Morgan fingerprint density at radius 2 is 2.15 bits per heavy atom. The van der Waals surface area contributed by atoms with Crippen molar-refractivity contribution in [2.24, 2.45) is 0 Å². The van der Waals surface area contributed by atoms with Gasteiger partial charge in [-0.25, -0.2) is 4.98 Å². The van der Waals surface area contributed by atoms with Crippen LogP contribution < -0.4 is 15.4 Å². The normalized spacial score (nSPS) is 11.9. The number of carbonyl (C=O) groups is 2. The molecule has 7 heteroatoms. The van der Waals surface area contributed by atoms with Gasteiger partial charge in [0.15, 0.2) is 5.13 Å². The van der Waals surface area contributed by atoms with Crippen LogP contribution in [0.3, 0.4) is 0 Å². The van der Waals surface area contributed by atoms with Crippen molar-refractivity contribution in [3.8, 4) is 5.75 Å². The monoisotopic (exact) mass is 293 g/mol. The Bertz CT molecular complexity index is 653. The number of anilines is 1. The van der Waals surface area contributed by atoms with E-state index in [0.29, 0.717) is 16.4 Å². The van der Waals surface area contributed by atoms with Gasteiger partial charge in [-0.3, -0.25) is 9.59 Å². The van der Waals surface area contributed by atoms with Crippen molar-refractivity contribution in [2.75, 3.05) is 12.4 Å². The maximum atomic E-state index is 11.9. The first-order valence-electron chi connectivity index (χ1n) is 6.02. The summed E-state index contributed by atoms with van der Waals surface area (Å²) < 4.78 is 6.14. The third-order valence-corrected chi connectivity index (χ3v) is 3.58. The van der Waals surface area contributed by atoms with Gasteiger partial charge < -0.3 is 15.4 Å². The van der Waals surface area contributed by atoms with Crippen LogP contribution in [0.25, 0.3) is 10.2 Å². The number of para-hydroxylation sites is 1. The highest BCUT2D eigenvalue weighted by Crippen LogP contribution is 2.31. The maximum absolute atomic E-state index is 11.9. The standard InChI is InChI=1S/C13H15N3O3S/c1-7(14-8(2)17)12(18)16-13-15-11-9(19-3)5-4-6-10(11)20-13/h4-7H,1-3H3,(H,14,17)(H,15,16,18). The van der Waals surface area contributed by atoms with Gasteiger partial charge in [-0.05, 0) is 19.1 Å². The Morgan fingerprint density at radius 1 is 1.40 bits per heavy atom. The molecule has 0 radical (unpaired) electrons. The van der Waals surface area contributed by atoms with Crippen LogP contribution in [-0.2, 0) is 9.59 Å². The predicted octanol–water partition coefficient (Wildman–Crippen LogP) is 1.77. The van der Waals surface area contributed by atoms with E-state index in [2.05, 4.69) is 15.6 Å². The van der Waals surface area contributed by atoms with E-state index in [9.17, 15) is 9.59 Å². The molecule has 1 unspecified atom stereocenters. The van der Waals surface area contributed by atoms with Gasteiger partial charge in [0.25, 0.3) is 0 Å². The fourth-order valence-corrected chi connectivity index (χ4v) is 2.61. The zero-order valence-electron chi connectivity index (χ0n) is 11.4. The number of nitrogens with one attached hydrogen (secondary N) is 2. The second-order valence-electron chi connectivity index (χ2n) is 4.24. The highest BCUT2D eigenvalue weighted by Gasteiger charge is 2.16. The Morgan fingerprint density at radius 3 is 2.80 bits per heavy atom. The summed E-state index contributed by atoms with van der Waals surface area (Å²) in [6, 6.07) is 4.97. The fourth-order valence-electron chi connectivity index (χ4n) is 1.73. The van der Waals surface area contributed by atoms with Crippen molar-refractivity contribution in [2.45, 2.75) is 19.9 Å². The molecule has 0 aliphatic heterocycles. The molecule has 0 bridgehead atoms. The van der Waals surface area contributed by atoms with Crippen LogP contribution in [0, 0.1) is 0 Å². The molecule has 2 aromatic rings. The van der Waals surface area contributed by atoms with Crippen LogP contribution in [0.2, 0.25) is 0 Å². The molecule has 1 atom stereocenters. The number of thiazole rings is 1. The molecule has 20 heavy (non-hydrogen) atoms. The van der Waals surface area contributed by atoms with Crippen LogP contribution in [0.4, 0.5) is 5.13 Å². The van der Waals surface area contributed by atoms with E-state index in [4.69, 9.17) is 4.74 Å². The lowest BCUT2D eigenvalue weighted by Gasteiger charge is -2.10. The molecule has 2 amide bonds. The number of methoxy groups -OCH3 is 1. The molecule has 2 rings (SSSR count). The highest BCUT2D eigenvalue weighted by molar-refractivity contribution is 7.22. The van der Waals surface area contributed by atoms with Crippen LogP contribution >= 0.6 is 11.3 Å². The lowest BCUT2D eigenvalue weighted by atomic mass is 10.3. The van der Waals surface area contributed by atoms with Crippen molar-refractivity contribution in [1.29, 1.82) is 0 Å². The van der Waals surface area contributed by atoms with Crippen molar-refractivity contribution < 1.29 is 14.3 Å². The second-order valence-corrected chi connectivity index (χ2v) is 5.27. The van der Waals surface area contributed by atoms with Gasteiger partial charge >= 0.3 is 0 Å². The predicted molar refractivity (Wildman–Crippen MR) is 78.1 cm³/mol. The number of hydrogen-bond donors (Lipinski definition) is 2. The third-order valence-electron chi connectivity index (χ3n) is 2.65. The summed E-state index contributed by atoms with van der Waals surface area (Å²) in [5, 5.41) is 5.68. The van der Waals surface area contributed by atoms with Crippen molar-refractivity contribution in [3.63, 3.8) is 0 Å². The number of fused-ring (bicyclic) bond motifs is 1. The zero-order valence-corrected chi connectivity index (χ0v) is 12.2. The molecule has 1 aromatic heterocycles. The first-order chi connectivity index (χ1) is 9.51. The molecule has 6 nitrogen and oxygen atoms in total. The Kier molecular flexibility index (Phi) is 4.19. The number of ether oxygens (including phenoxy) is 1. The van der Waals surface area contributed by atoms with Gasteiger partial charge in [0.2, 0.25) is 11.8 Å². The largest absolute Gasteiger partial charge is 0.494 e. The molecule has 1 heterocycles. The Hall–Kier alpha value is -2.15. The van der Waals surface area contributed by atoms with E-state index in [1.54, 1.807) is 14.0 Å². The lowest BCUT2D eigenvalue weighted by Crippen LogP contribution is -2.40. The lowest BCUT2D eigenvalue weighted by molar-refractivity contribution is -0.124.